The smallest absolute Gasteiger partial charge is 0.277 e. The molecule has 4 aromatic rings. The molecule has 1 fully saturated rings. The summed E-state index contributed by atoms with van der Waals surface area (Å²) in [5, 5.41) is 5.03. The molecule has 180 valence electrons. The zero-order valence-corrected chi connectivity index (χ0v) is 21.2. The summed E-state index contributed by atoms with van der Waals surface area (Å²) in [6.07, 6.45) is 1.69. The fraction of sp³-hybridized carbons (Fsp3) is 0.321. The second-order valence-corrected chi connectivity index (χ2v) is 10.4. The number of rotatable bonds is 5. The average molecular weight is 487 g/mol. The molecule has 3 heterocycles. The van der Waals surface area contributed by atoms with E-state index in [0.717, 1.165) is 36.2 Å². The van der Waals surface area contributed by atoms with Crippen molar-refractivity contribution in [3.8, 4) is 5.69 Å². The molecule has 0 spiro atoms. The summed E-state index contributed by atoms with van der Waals surface area (Å²) in [5.41, 5.74) is 6.14. The van der Waals surface area contributed by atoms with E-state index in [4.69, 9.17) is 4.98 Å². The van der Waals surface area contributed by atoms with Gasteiger partial charge >= 0.3 is 0 Å². The number of aryl methyl sites for hydroxylation is 3. The molecule has 1 atom stereocenters. The van der Waals surface area contributed by atoms with Gasteiger partial charge in [-0.15, -0.1) is 11.3 Å². The van der Waals surface area contributed by atoms with Crippen molar-refractivity contribution in [3.05, 3.63) is 86.5 Å². The maximum Gasteiger partial charge on any atom is 0.277 e. The lowest BCUT2D eigenvalue weighted by molar-refractivity contribution is -0.125. The number of nitrogens with one attached hydrogen (secondary N) is 1. The first kappa shape index (κ1) is 23.3. The fourth-order valence-electron chi connectivity index (χ4n) is 4.66. The number of carbonyl (C=O) groups is 1. The minimum absolute atomic E-state index is 0.0498. The van der Waals surface area contributed by atoms with Gasteiger partial charge < -0.3 is 10.2 Å². The van der Waals surface area contributed by atoms with Crippen molar-refractivity contribution in [1.82, 2.24) is 14.9 Å². The molecule has 1 amide bonds. The van der Waals surface area contributed by atoms with Gasteiger partial charge in [-0.1, -0.05) is 35.9 Å². The molecule has 0 aliphatic carbocycles. The molecule has 6 nitrogen and oxygen atoms in total. The van der Waals surface area contributed by atoms with Crippen LogP contribution in [0.25, 0.3) is 15.9 Å². The molecule has 7 heteroatoms. The fourth-order valence-corrected chi connectivity index (χ4v) is 5.42. The Kier molecular flexibility index (Phi) is 6.43. The lowest BCUT2D eigenvalue weighted by Gasteiger charge is -2.34. The summed E-state index contributed by atoms with van der Waals surface area (Å²) >= 11 is 1.41. The van der Waals surface area contributed by atoms with Crippen molar-refractivity contribution in [3.63, 3.8) is 0 Å². The molecular weight excluding hydrogens is 456 g/mol. The lowest BCUT2D eigenvalue weighted by atomic mass is 9.97. The molecule has 5 rings (SSSR count). The molecule has 2 aromatic heterocycles. The van der Waals surface area contributed by atoms with Gasteiger partial charge in [0.1, 0.15) is 4.70 Å². The van der Waals surface area contributed by atoms with Crippen molar-refractivity contribution >= 4 is 33.4 Å². The van der Waals surface area contributed by atoms with E-state index in [9.17, 15) is 9.59 Å². The van der Waals surface area contributed by atoms with Gasteiger partial charge in [0, 0.05) is 19.6 Å². The largest absolute Gasteiger partial charge is 0.352 e. The third kappa shape index (κ3) is 4.73. The van der Waals surface area contributed by atoms with Crippen molar-refractivity contribution in [2.24, 2.45) is 5.92 Å². The van der Waals surface area contributed by atoms with Crippen LogP contribution >= 0.6 is 11.3 Å². The molecule has 1 aliphatic rings. The highest BCUT2D eigenvalue weighted by Crippen LogP contribution is 2.27. The number of carbonyl (C=O) groups excluding carboxylic acids is 1. The Labute approximate surface area is 209 Å². The molecule has 35 heavy (non-hydrogen) atoms. The van der Waals surface area contributed by atoms with Crippen LogP contribution in [0.4, 0.5) is 5.95 Å². The Balaban J connectivity index is 1.41. The van der Waals surface area contributed by atoms with Crippen LogP contribution in [-0.4, -0.2) is 28.5 Å². The average Bonchev–Trinajstić information content (AvgIpc) is 3.34. The predicted molar refractivity (Wildman–Crippen MR) is 143 cm³/mol. The number of thiophene rings is 1. The molecule has 1 aliphatic heterocycles. The van der Waals surface area contributed by atoms with Crippen LogP contribution in [0.15, 0.2) is 58.7 Å². The molecular formula is C28H30N4O2S. The summed E-state index contributed by atoms with van der Waals surface area (Å²) in [4.78, 5) is 33.6. The highest BCUT2D eigenvalue weighted by atomic mass is 32.1. The van der Waals surface area contributed by atoms with E-state index in [1.165, 1.54) is 22.5 Å². The Bertz CT molecular complexity index is 1440. The van der Waals surface area contributed by atoms with Crippen LogP contribution in [0.2, 0.25) is 0 Å². The van der Waals surface area contributed by atoms with E-state index < -0.39 is 0 Å². The molecule has 0 saturated carbocycles. The summed E-state index contributed by atoms with van der Waals surface area (Å²) < 4.78 is 2.35. The summed E-state index contributed by atoms with van der Waals surface area (Å²) in [7, 11) is 0. The van der Waals surface area contributed by atoms with Gasteiger partial charge in [-0.2, -0.15) is 0 Å². The van der Waals surface area contributed by atoms with Gasteiger partial charge in [-0.3, -0.25) is 9.59 Å². The van der Waals surface area contributed by atoms with Crippen LogP contribution in [0.3, 0.4) is 0 Å². The topological polar surface area (TPSA) is 67.2 Å². The number of nitrogens with zero attached hydrogens (tertiary/aromatic N) is 3. The van der Waals surface area contributed by atoms with Gasteiger partial charge in [-0.25, -0.2) is 9.55 Å². The first-order valence-corrected chi connectivity index (χ1v) is 12.9. The van der Waals surface area contributed by atoms with Gasteiger partial charge in [0.25, 0.3) is 5.56 Å². The second-order valence-electron chi connectivity index (χ2n) is 9.44. The quantitative estimate of drug-likeness (QED) is 0.436. The van der Waals surface area contributed by atoms with E-state index in [1.54, 1.807) is 4.57 Å². The first-order valence-electron chi connectivity index (χ1n) is 12.1. The van der Waals surface area contributed by atoms with Crippen molar-refractivity contribution in [2.75, 3.05) is 18.0 Å². The summed E-state index contributed by atoms with van der Waals surface area (Å²) in [5.74, 6) is 0.502. The highest BCUT2D eigenvalue weighted by molar-refractivity contribution is 7.17. The number of benzene rings is 2. The zero-order chi connectivity index (χ0) is 24.5. The number of hydrogen-bond donors (Lipinski definition) is 1. The molecule has 0 bridgehead atoms. The van der Waals surface area contributed by atoms with Crippen molar-refractivity contribution in [1.29, 1.82) is 0 Å². The maximum atomic E-state index is 13.5. The van der Waals surface area contributed by atoms with Crippen LogP contribution in [-0.2, 0) is 11.3 Å². The zero-order valence-electron chi connectivity index (χ0n) is 20.4. The SMILES string of the molecule is Cc1ccc(-n2c(N3CCCC(C(=O)NCc4ccc(C)c(C)c4)C3)nc3ccsc3c2=O)cc1. The Hall–Kier alpha value is -3.45. The Morgan fingerprint density at radius 3 is 2.66 bits per heavy atom. The summed E-state index contributed by atoms with van der Waals surface area (Å²) in [6.45, 7) is 8.02. The standard InChI is InChI=1S/C28H30N4O2S/c1-18-6-10-23(11-7-18)32-27(34)25-24(12-14-35-25)30-28(32)31-13-4-5-22(17-31)26(33)29-16-21-9-8-19(2)20(3)15-21/h6-12,14-15,22H,4-5,13,16-17H2,1-3H3,(H,29,33). The predicted octanol–water partition coefficient (Wildman–Crippen LogP) is 4.91. The number of amides is 1. The Morgan fingerprint density at radius 2 is 1.89 bits per heavy atom. The Morgan fingerprint density at radius 1 is 1.09 bits per heavy atom. The third-order valence-corrected chi connectivity index (χ3v) is 7.76. The van der Waals surface area contributed by atoms with Crippen LogP contribution in [0.5, 0.6) is 0 Å². The van der Waals surface area contributed by atoms with Gasteiger partial charge in [-0.05, 0) is 73.9 Å². The van der Waals surface area contributed by atoms with E-state index in [1.807, 2.05) is 42.6 Å². The third-order valence-electron chi connectivity index (χ3n) is 6.87. The van der Waals surface area contributed by atoms with E-state index >= 15 is 0 Å². The normalized spacial score (nSPS) is 16.0. The molecule has 1 unspecified atom stereocenters. The van der Waals surface area contributed by atoms with Gasteiger partial charge in [0.2, 0.25) is 11.9 Å². The van der Waals surface area contributed by atoms with Crippen molar-refractivity contribution < 1.29 is 4.79 Å². The minimum Gasteiger partial charge on any atom is -0.352 e. The highest BCUT2D eigenvalue weighted by Gasteiger charge is 2.29. The van der Waals surface area contributed by atoms with Gasteiger partial charge in [0.05, 0.1) is 17.1 Å². The van der Waals surface area contributed by atoms with Gasteiger partial charge in [0.15, 0.2) is 0 Å². The number of fused-ring (bicyclic) bond motifs is 1. The van der Waals surface area contributed by atoms with Crippen LogP contribution in [0, 0.1) is 26.7 Å². The molecule has 2 aromatic carbocycles. The minimum atomic E-state index is -0.156. The van der Waals surface area contributed by atoms with E-state index in [0.29, 0.717) is 29.3 Å². The van der Waals surface area contributed by atoms with Crippen LogP contribution in [0.1, 0.15) is 35.1 Å². The number of anilines is 1. The molecule has 0 radical (unpaired) electrons. The maximum absolute atomic E-state index is 13.5. The second kappa shape index (κ2) is 9.66. The molecule has 1 saturated heterocycles. The first-order chi connectivity index (χ1) is 16.9. The number of aromatic nitrogens is 2. The van der Waals surface area contributed by atoms with E-state index in [-0.39, 0.29) is 17.4 Å². The molecule has 1 N–H and O–H groups in total. The number of piperidine rings is 1. The lowest BCUT2D eigenvalue weighted by Crippen LogP contribution is -2.45. The van der Waals surface area contributed by atoms with Crippen molar-refractivity contribution in [2.45, 2.75) is 40.2 Å². The van der Waals surface area contributed by atoms with E-state index in [2.05, 4.69) is 42.3 Å². The van der Waals surface area contributed by atoms with Crippen LogP contribution < -0.4 is 15.8 Å². The number of hydrogen-bond acceptors (Lipinski definition) is 5. The summed E-state index contributed by atoms with van der Waals surface area (Å²) in [6, 6.07) is 16.1. The monoisotopic (exact) mass is 486 g/mol.